The van der Waals surface area contributed by atoms with E-state index in [0.717, 1.165) is 19.4 Å². The average molecular weight is 158 g/mol. The largest absolute Gasteiger partial charge is 0.314 e. The van der Waals surface area contributed by atoms with Crippen molar-refractivity contribution < 1.29 is 4.92 Å². The number of nitrogens with zero attached hydrogens (tertiary/aromatic N) is 1. The van der Waals surface area contributed by atoms with Gasteiger partial charge in [0.2, 0.25) is 6.04 Å². The Labute approximate surface area is 66.1 Å². The lowest BCUT2D eigenvalue weighted by molar-refractivity contribution is -0.519. The van der Waals surface area contributed by atoms with Crippen molar-refractivity contribution in [3.05, 3.63) is 10.1 Å². The zero-order valence-electron chi connectivity index (χ0n) is 6.75. The normalized spacial score (nSPS) is 26.8. The molecule has 0 aromatic heterocycles. The van der Waals surface area contributed by atoms with Crippen LogP contribution in [0.5, 0.6) is 0 Å². The fourth-order valence-electron chi connectivity index (χ4n) is 1.46. The summed E-state index contributed by atoms with van der Waals surface area (Å²) >= 11 is 0. The molecule has 0 bridgehead atoms. The van der Waals surface area contributed by atoms with Crippen LogP contribution >= 0.6 is 0 Å². The van der Waals surface area contributed by atoms with E-state index in [4.69, 9.17) is 0 Å². The van der Waals surface area contributed by atoms with E-state index >= 15 is 0 Å². The summed E-state index contributed by atoms with van der Waals surface area (Å²) in [7, 11) is 0. The van der Waals surface area contributed by atoms with Crippen LogP contribution < -0.4 is 5.32 Å². The van der Waals surface area contributed by atoms with Crippen LogP contribution in [0.25, 0.3) is 0 Å². The van der Waals surface area contributed by atoms with Crippen molar-refractivity contribution in [1.82, 2.24) is 5.32 Å². The first-order chi connectivity index (χ1) is 5.20. The Bertz CT molecular complexity index is 143. The maximum atomic E-state index is 10.3. The first-order valence-corrected chi connectivity index (χ1v) is 4.07. The molecule has 0 aliphatic carbocycles. The van der Waals surface area contributed by atoms with Crippen LogP contribution in [0.3, 0.4) is 0 Å². The van der Waals surface area contributed by atoms with Crippen LogP contribution in [0.15, 0.2) is 0 Å². The Morgan fingerprint density at radius 1 is 1.82 bits per heavy atom. The molecule has 1 saturated heterocycles. The summed E-state index contributed by atoms with van der Waals surface area (Å²) in [5, 5.41) is 13.5. The van der Waals surface area contributed by atoms with Gasteiger partial charge in [-0.25, -0.2) is 0 Å². The SMILES string of the molecule is CC(CC1CCCN1)[N+](=O)[O-]. The molecular weight excluding hydrogens is 144 g/mol. The van der Waals surface area contributed by atoms with Gasteiger partial charge in [-0.2, -0.15) is 0 Å². The molecule has 0 amide bonds. The minimum absolute atomic E-state index is 0.208. The van der Waals surface area contributed by atoms with Gasteiger partial charge in [0.05, 0.1) is 0 Å². The molecule has 64 valence electrons. The van der Waals surface area contributed by atoms with Crippen LogP contribution in [-0.4, -0.2) is 23.6 Å². The Morgan fingerprint density at radius 2 is 2.55 bits per heavy atom. The summed E-state index contributed by atoms with van der Waals surface area (Å²) in [6.45, 7) is 2.69. The molecule has 1 rings (SSSR count). The number of nitrogens with one attached hydrogen (secondary N) is 1. The van der Waals surface area contributed by atoms with Gasteiger partial charge in [-0.15, -0.1) is 0 Å². The molecule has 0 spiro atoms. The van der Waals surface area contributed by atoms with Crippen molar-refractivity contribution in [1.29, 1.82) is 0 Å². The zero-order chi connectivity index (χ0) is 8.27. The number of nitro groups is 1. The van der Waals surface area contributed by atoms with Gasteiger partial charge in [0.1, 0.15) is 0 Å². The number of rotatable bonds is 3. The summed E-state index contributed by atoms with van der Waals surface area (Å²) in [4.78, 5) is 10.1. The van der Waals surface area contributed by atoms with E-state index in [0.29, 0.717) is 12.5 Å². The highest BCUT2D eigenvalue weighted by Crippen LogP contribution is 2.11. The van der Waals surface area contributed by atoms with Gasteiger partial charge in [-0.05, 0) is 19.4 Å². The highest BCUT2D eigenvalue weighted by atomic mass is 16.6. The van der Waals surface area contributed by atoms with Gasteiger partial charge in [-0.1, -0.05) is 0 Å². The van der Waals surface area contributed by atoms with Crippen LogP contribution in [0.1, 0.15) is 26.2 Å². The van der Waals surface area contributed by atoms with Crippen molar-refractivity contribution in [2.24, 2.45) is 0 Å². The summed E-state index contributed by atoms with van der Waals surface area (Å²) < 4.78 is 0. The highest BCUT2D eigenvalue weighted by molar-refractivity contribution is 4.75. The Kier molecular flexibility index (Phi) is 2.82. The second kappa shape index (κ2) is 3.67. The molecule has 2 atom stereocenters. The smallest absolute Gasteiger partial charge is 0.211 e. The highest BCUT2D eigenvalue weighted by Gasteiger charge is 2.22. The Balaban J connectivity index is 2.23. The lowest BCUT2D eigenvalue weighted by Crippen LogP contribution is -2.29. The van der Waals surface area contributed by atoms with E-state index in [-0.39, 0.29) is 4.92 Å². The van der Waals surface area contributed by atoms with Crippen LogP contribution in [0, 0.1) is 10.1 Å². The minimum atomic E-state index is -0.398. The molecule has 11 heavy (non-hydrogen) atoms. The van der Waals surface area contributed by atoms with E-state index in [1.807, 2.05) is 0 Å². The van der Waals surface area contributed by atoms with E-state index in [1.165, 1.54) is 0 Å². The third kappa shape index (κ3) is 2.46. The molecule has 2 unspecified atom stereocenters. The fourth-order valence-corrected chi connectivity index (χ4v) is 1.46. The van der Waals surface area contributed by atoms with Crippen LogP contribution in [-0.2, 0) is 0 Å². The van der Waals surface area contributed by atoms with Crippen molar-refractivity contribution in [3.63, 3.8) is 0 Å². The molecule has 4 heteroatoms. The second-order valence-corrected chi connectivity index (χ2v) is 3.16. The molecule has 0 aromatic carbocycles. The van der Waals surface area contributed by atoms with E-state index in [1.54, 1.807) is 6.92 Å². The summed E-state index contributed by atoms with van der Waals surface area (Å²) in [6, 6.07) is -0.0130. The molecule has 1 N–H and O–H groups in total. The number of hydrogen-bond donors (Lipinski definition) is 1. The van der Waals surface area contributed by atoms with Crippen molar-refractivity contribution >= 4 is 0 Å². The fraction of sp³-hybridized carbons (Fsp3) is 1.00. The van der Waals surface area contributed by atoms with Gasteiger partial charge in [0, 0.05) is 24.3 Å². The summed E-state index contributed by atoms with van der Waals surface area (Å²) in [6.07, 6.45) is 2.93. The first kappa shape index (κ1) is 8.46. The molecule has 0 aromatic rings. The molecule has 1 aliphatic heterocycles. The number of hydrogen-bond acceptors (Lipinski definition) is 3. The van der Waals surface area contributed by atoms with E-state index < -0.39 is 6.04 Å². The molecule has 4 nitrogen and oxygen atoms in total. The molecule has 0 radical (unpaired) electrons. The molecule has 1 heterocycles. The van der Waals surface area contributed by atoms with Gasteiger partial charge in [0.25, 0.3) is 0 Å². The first-order valence-electron chi connectivity index (χ1n) is 4.07. The monoisotopic (exact) mass is 158 g/mol. The molecule has 1 fully saturated rings. The lowest BCUT2D eigenvalue weighted by Gasteiger charge is -2.10. The topological polar surface area (TPSA) is 55.2 Å². The molecule has 1 aliphatic rings. The van der Waals surface area contributed by atoms with E-state index in [9.17, 15) is 10.1 Å². The van der Waals surface area contributed by atoms with Crippen molar-refractivity contribution in [2.75, 3.05) is 6.54 Å². The maximum Gasteiger partial charge on any atom is 0.211 e. The predicted molar refractivity (Wildman–Crippen MR) is 42.1 cm³/mol. The average Bonchev–Trinajstić information content (AvgIpc) is 2.39. The predicted octanol–water partition coefficient (Wildman–Crippen LogP) is 0.794. The second-order valence-electron chi connectivity index (χ2n) is 3.16. The van der Waals surface area contributed by atoms with E-state index in [2.05, 4.69) is 5.32 Å². The molecular formula is C7H14N2O2. The summed E-state index contributed by atoms with van der Waals surface area (Å²) in [5.41, 5.74) is 0. The lowest BCUT2D eigenvalue weighted by atomic mass is 10.1. The summed E-state index contributed by atoms with van der Waals surface area (Å²) in [5.74, 6) is 0. The third-order valence-corrected chi connectivity index (χ3v) is 2.15. The van der Waals surface area contributed by atoms with Gasteiger partial charge < -0.3 is 5.32 Å². The van der Waals surface area contributed by atoms with Crippen molar-refractivity contribution in [3.8, 4) is 0 Å². The minimum Gasteiger partial charge on any atom is -0.314 e. The Hall–Kier alpha value is -0.640. The van der Waals surface area contributed by atoms with Crippen LogP contribution in [0.2, 0.25) is 0 Å². The van der Waals surface area contributed by atoms with Gasteiger partial charge in [0.15, 0.2) is 0 Å². The zero-order valence-corrected chi connectivity index (χ0v) is 6.75. The maximum absolute atomic E-state index is 10.3. The van der Waals surface area contributed by atoms with Crippen molar-refractivity contribution in [2.45, 2.75) is 38.3 Å². The standard InChI is InChI=1S/C7H14N2O2/c1-6(9(10)11)5-7-3-2-4-8-7/h6-8H,2-5H2,1H3. The van der Waals surface area contributed by atoms with Gasteiger partial charge >= 0.3 is 0 Å². The van der Waals surface area contributed by atoms with Gasteiger partial charge in [-0.3, -0.25) is 10.1 Å². The third-order valence-electron chi connectivity index (χ3n) is 2.15. The van der Waals surface area contributed by atoms with Crippen LogP contribution in [0.4, 0.5) is 0 Å². The Morgan fingerprint density at radius 3 is 3.00 bits per heavy atom. The quantitative estimate of drug-likeness (QED) is 0.488. The molecule has 0 saturated carbocycles.